The van der Waals surface area contributed by atoms with E-state index in [0.717, 1.165) is 0 Å². The average Bonchev–Trinajstić information content (AvgIpc) is 1.87. The largest absolute Gasteiger partial charge is 0.393 e. The minimum Gasteiger partial charge on any atom is -0.393 e. The Balaban J connectivity index is 3.58. The Bertz CT molecular complexity index is 87.1. The zero-order valence-corrected chi connectivity index (χ0v) is 6.54. The number of aliphatic hydroxyl groups excluding tert-OH is 1. The fraction of sp³-hybridized carbons (Fsp3) is 1.00. The van der Waals surface area contributed by atoms with Crippen LogP contribution >= 0.6 is 0 Å². The Morgan fingerprint density at radius 2 is 2.00 bits per heavy atom. The van der Waals surface area contributed by atoms with Gasteiger partial charge in [-0.2, -0.15) is 0 Å². The molecule has 0 saturated heterocycles. The molecule has 0 aliphatic rings. The quantitative estimate of drug-likeness (QED) is 0.376. The topological polar surface area (TPSA) is 84.3 Å². The third kappa shape index (κ3) is 3.12. The van der Waals surface area contributed by atoms with Gasteiger partial charge in [0, 0.05) is 12.6 Å². The summed E-state index contributed by atoms with van der Waals surface area (Å²) in [4.78, 5) is 0. The third-order valence-corrected chi connectivity index (χ3v) is 1.68. The molecule has 0 aromatic rings. The molecule has 0 bridgehead atoms. The summed E-state index contributed by atoms with van der Waals surface area (Å²) >= 11 is 0. The van der Waals surface area contributed by atoms with E-state index in [1.165, 1.54) is 0 Å². The second-order valence-electron chi connectivity index (χ2n) is 2.53. The summed E-state index contributed by atoms with van der Waals surface area (Å²) in [6, 6.07) is 0. The molecule has 0 aromatic carbocycles. The fourth-order valence-electron chi connectivity index (χ4n) is 0.622. The lowest BCUT2D eigenvalue weighted by atomic mass is 10.0. The van der Waals surface area contributed by atoms with E-state index in [-0.39, 0.29) is 12.1 Å². The summed E-state index contributed by atoms with van der Waals surface area (Å²) in [5, 5.41) is 11.9. The van der Waals surface area contributed by atoms with Crippen molar-refractivity contribution in [2.45, 2.75) is 26.1 Å². The molecule has 0 radical (unpaired) electrons. The molecule has 10 heavy (non-hydrogen) atoms. The van der Waals surface area contributed by atoms with Gasteiger partial charge in [0.05, 0.1) is 12.3 Å². The molecule has 3 unspecified atom stereocenters. The van der Waals surface area contributed by atoms with Crippen molar-refractivity contribution < 1.29 is 5.11 Å². The van der Waals surface area contributed by atoms with Crippen molar-refractivity contribution in [1.29, 1.82) is 0 Å². The van der Waals surface area contributed by atoms with Gasteiger partial charge in [0.25, 0.3) is 0 Å². The maximum absolute atomic E-state index is 9.06. The van der Waals surface area contributed by atoms with Crippen LogP contribution in [0.25, 0.3) is 0 Å². The zero-order valence-electron chi connectivity index (χ0n) is 6.54. The van der Waals surface area contributed by atoms with E-state index in [2.05, 4.69) is 5.32 Å². The molecule has 62 valence electrons. The summed E-state index contributed by atoms with van der Waals surface area (Å²) in [6.45, 7) is 3.93. The predicted molar refractivity (Wildman–Crippen MR) is 41.0 cm³/mol. The van der Waals surface area contributed by atoms with Crippen molar-refractivity contribution in [2.24, 2.45) is 17.4 Å². The van der Waals surface area contributed by atoms with Crippen molar-refractivity contribution in [3.63, 3.8) is 0 Å². The van der Waals surface area contributed by atoms with Crippen LogP contribution in [0.4, 0.5) is 0 Å². The Labute approximate surface area is 61.6 Å². The van der Waals surface area contributed by atoms with Gasteiger partial charge in [0.2, 0.25) is 0 Å². The molecule has 6 N–H and O–H groups in total. The fourth-order valence-corrected chi connectivity index (χ4v) is 0.622. The number of hydrogen-bond acceptors (Lipinski definition) is 4. The minimum atomic E-state index is -0.394. The molecule has 0 aromatic heterocycles. The van der Waals surface area contributed by atoms with E-state index in [0.29, 0.717) is 6.67 Å². The predicted octanol–water partition coefficient (Wildman–Crippen LogP) is -1.21. The Hall–Kier alpha value is -0.160. The van der Waals surface area contributed by atoms with Crippen LogP contribution in [-0.2, 0) is 0 Å². The highest BCUT2D eigenvalue weighted by molar-refractivity contribution is 4.69. The molecule has 4 heteroatoms. The molecule has 0 rings (SSSR count). The van der Waals surface area contributed by atoms with E-state index in [1.54, 1.807) is 6.92 Å². The van der Waals surface area contributed by atoms with Crippen molar-refractivity contribution in [2.75, 3.05) is 6.67 Å². The Morgan fingerprint density at radius 3 is 2.30 bits per heavy atom. The van der Waals surface area contributed by atoms with E-state index in [4.69, 9.17) is 16.6 Å². The molecule has 0 aliphatic heterocycles. The van der Waals surface area contributed by atoms with Crippen molar-refractivity contribution in [3.8, 4) is 0 Å². The third-order valence-electron chi connectivity index (χ3n) is 1.68. The second-order valence-corrected chi connectivity index (χ2v) is 2.53. The molecule has 0 aliphatic carbocycles. The van der Waals surface area contributed by atoms with Gasteiger partial charge in [-0.15, -0.1) is 0 Å². The molecule has 3 atom stereocenters. The minimum absolute atomic E-state index is 0.0311. The summed E-state index contributed by atoms with van der Waals surface area (Å²) in [5.41, 5.74) is 10.8. The van der Waals surface area contributed by atoms with E-state index < -0.39 is 6.10 Å². The number of aliphatic hydroxyl groups is 1. The smallest absolute Gasteiger partial charge is 0.0607 e. The molecular weight excluding hydrogens is 130 g/mol. The molecule has 0 heterocycles. The lowest BCUT2D eigenvalue weighted by Gasteiger charge is -2.22. The molecule has 0 saturated carbocycles. The highest BCUT2D eigenvalue weighted by atomic mass is 16.3. The molecule has 0 fully saturated rings. The highest BCUT2D eigenvalue weighted by Gasteiger charge is 2.15. The number of rotatable bonds is 4. The number of nitrogens with one attached hydrogen (secondary N) is 1. The van der Waals surface area contributed by atoms with Crippen molar-refractivity contribution in [1.82, 2.24) is 5.32 Å². The van der Waals surface area contributed by atoms with Crippen LogP contribution in [0.15, 0.2) is 0 Å². The van der Waals surface area contributed by atoms with Crippen LogP contribution in [0.3, 0.4) is 0 Å². The van der Waals surface area contributed by atoms with Gasteiger partial charge in [-0.25, -0.2) is 0 Å². The van der Waals surface area contributed by atoms with Gasteiger partial charge in [0.1, 0.15) is 0 Å². The van der Waals surface area contributed by atoms with Crippen LogP contribution in [0, 0.1) is 5.92 Å². The van der Waals surface area contributed by atoms with Crippen LogP contribution in [-0.4, -0.2) is 24.0 Å². The zero-order chi connectivity index (χ0) is 8.15. The van der Waals surface area contributed by atoms with E-state index in [9.17, 15) is 0 Å². The standard InChI is InChI=1S/C6H17N3O/c1-4(5(2)10)6(8)9-3-7/h4-6,9-10H,3,7-8H2,1-2H3. The second kappa shape index (κ2) is 4.62. The first kappa shape index (κ1) is 9.84. The van der Waals surface area contributed by atoms with Gasteiger partial charge in [-0.05, 0) is 6.92 Å². The first-order valence-electron chi connectivity index (χ1n) is 3.46. The monoisotopic (exact) mass is 147 g/mol. The summed E-state index contributed by atoms with van der Waals surface area (Å²) in [7, 11) is 0. The first-order valence-corrected chi connectivity index (χ1v) is 3.46. The lowest BCUT2D eigenvalue weighted by molar-refractivity contribution is 0.112. The van der Waals surface area contributed by atoms with Gasteiger partial charge in [0.15, 0.2) is 0 Å². The van der Waals surface area contributed by atoms with E-state index in [1.807, 2.05) is 6.92 Å². The summed E-state index contributed by atoms with van der Waals surface area (Å²) in [6.07, 6.45) is -0.612. The summed E-state index contributed by atoms with van der Waals surface area (Å²) in [5.74, 6) is 0.0311. The SMILES string of the molecule is CC(O)C(C)C(N)NCN. The lowest BCUT2D eigenvalue weighted by Crippen LogP contribution is -2.48. The molecule has 0 amide bonds. The van der Waals surface area contributed by atoms with Crippen LogP contribution in [0.1, 0.15) is 13.8 Å². The highest BCUT2D eigenvalue weighted by Crippen LogP contribution is 2.02. The molecule has 4 nitrogen and oxygen atoms in total. The van der Waals surface area contributed by atoms with Gasteiger partial charge < -0.3 is 16.6 Å². The van der Waals surface area contributed by atoms with Gasteiger partial charge >= 0.3 is 0 Å². The van der Waals surface area contributed by atoms with Gasteiger partial charge in [-0.3, -0.25) is 5.32 Å². The molecule has 0 spiro atoms. The van der Waals surface area contributed by atoms with Crippen LogP contribution < -0.4 is 16.8 Å². The average molecular weight is 147 g/mol. The van der Waals surface area contributed by atoms with Gasteiger partial charge in [-0.1, -0.05) is 6.92 Å². The van der Waals surface area contributed by atoms with E-state index >= 15 is 0 Å². The summed E-state index contributed by atoms with van der Waals surface area (Å²) < 4.78 is 0. The van der Waals surface area contributed by atoms with Crippen LogP contribution in [0.2, 0.25) is 0 Å². The number of nitrogens with two attached hydrogens (primary N) is 2. The first-order chi connectivity index (χ1) is 4.59. The Kier molecular flexibility index (Phi) is 4.55. The normalized spacial score (nSPS) is 20.1. The number of hydrogen-bond donors (Lipinski definition) is 4. The molecular formula is C6H17N3O. The van der Waals surface area contributed by atoms with Crippen LogP contribution in [0.5, 0.6) is 0 Å². The van der Waals surface area contributed by atoms with Crippen molar-refractivity contribution >= 4 is 0 Å². The Morgan fingerprint density at radius 1 is 1.50 bits per heavy atom. The maximum Gasteiger partial charge on any atom is 0.0607 e. The maximum atomic E-state index is 9.06. The van der Waals surface area contributed by atoms with Crippen molar-refractivity contribution in [3.05, 3.63) is 0 Å².